The fourth-order valence-corrected chi connectivity index (χ4v) is 4.40. The van der Waals surface area contributed by atoms with Crippen molar-refractivity contribution in [3.8, 4) is 0 Å². The lowest BCUT2D eigenvalue weighted by Gasteiger charge is -2.21. The minimum absolute atomic E-state index is 0.0193. The van der Waals surface area contributed by atoms with Gasteiger partial charge in [0, 0.05) is 30.6 Å². The van der Waals surface area contributed by atoms with Crippen molar-refractivity contribution in [3.63, 3.8) is 0 Å². The highest BCUT2D eigenvalue weighted by Crippen LogP contribution is 2.30. The molecule has 0 bridgehead atoms. The number of hydrogen-bond acceptors (Lipinski definition) is 5. The van der Waals surface area contributed by atoms with Crippen LogP contribution in [0, 0.1) is 0 Å². The van der Waals surface area contributed by atoms with E-state index in [1.165, 1.54) is 18.2 Å². The number of sulfonamides is 1. The van der Waals surface area contributed by atoms with Gasteiger partial charge in [0.2, 0.25) is 10.0 Å². The lowest BCUT2D eigenvalue weighted by Crippen LogP contribution is -2.41. The van der Waals surface area contributed by atoms with Crippen molar-refractivity contribution in [1.82, 2.24) is 4.72 Å². The molecule has 1 atom stereocenters. The van der Waals surface area contributed by atoms with E-state index < -0.39 is 22.0 Å². The number of nitrogens with zero attached hydrogens (tertiary/aromatic N) is 1. The highest BCUT2D eigenvalue weighted by atomic mass is 32.2. The quantitative estimate of drug-likeness (QED) is 0.699. The second-order valence-corrected chi connectivity index (χ2v) is 7.99. The molecule has 7 heteroatoms. The molecule has 3 aromatic rings. The zero-order valence-corrected chi connectivity index (χ0v) is 15.7. The van der Waals surface area contributed by atoms with Crippen LogP contribution in [0.5, 0.6) is 0 Å². The van der Waals surface area contributed by atoms with Gasteiger partial charge in [0.15, 0.2) is 0 Å². The van der Waals surface area contributed by atoms with E-state index >= 15 is 0 Å². The minimum Gasteiger partial charge on any atom is -0.548 e. The maximum absolute atomic E-state index is 13.0. The van der Waals surface area contributed by atoms with E-state index in [0.717, 1.165) is 11.1 Å². The summed E-state index contributed by atoms with van der Waals surface area (Å²) < 4.78 is 28.3. The highest BCUT2D eigenvalue weighted by molar-refractivity contribution is 7.89. The summed E-state index contributed by atoms with van der Waals surface area (Å²) in [5, 5.41) is 12.8. The van der Waals surface area contributed by atoms with Crippen molar-refractivity contribution in [2.24, 2.45) is 0 Å². The van der Waals surface area contributed by atoms with Gasteiger partial charge in [-0.15, -0.1) is 0 Å². The van der Waals surface area contributed by atoms with E-state index in [4.69, 9.17) is 0 Å². The van der Waals surface area contributed by atoms with Gasteiger partial charge >= 0.3 is 0 Å². The van der Waals surface area contributed by atoms with Gasteiger partial charge in [-0.25, -0.2) is 8.42 Å². The monoisotopic (exact) mass is 383 g/mol. The molecular formula is C20H19N2O4S-. The Labute approximate surface area is 158 Å². The van der Waals surface area contributed by atoms with E-state index in [9.17, 15) is 18.3 Å². The molecule has 6 nitrogen and oxygen atoms in total. The predicted molar refractivity (Wildman–Crippen MR) is 103 cm³/mol. The van der Waals surface area contributed by atoms with Crippen LogP contribution in [0.3, 0.4) is 0 Å². The van der Waals surface area contributed by atoms with Crippen molar-refractivity contribution in [2.45, 2.75) is 10.9 Å². The molecule has 0 aliphatic carbocycles. The van der Waals surface area contributed by atoms with Crippen LogP contribution in [0.2, 0.25) is 0 Å². The highest BCUT2D eigenvalue weighted by Gasteiger charge is 2.24. The van der Waals surface area contributed by atoms with Crippen LogP contribution < -0.4 is 14.7 Å². The number of rotatable bonds is 6. The Kier molecular flexibility index (Phi) is 5.16. The normalized spacial score (nSPS) is 12.7. The number of carboxylic acids is 1. The van der Waals surface area contributed by atoms with E-state index in [0.29, 0.717) is 10.9 Å². The lowest BCUT2D eigenvalue weighted by molar-refractivity contribution is -0.308. The molecule has 0 aliphatic rings. The molecule has 3 rings (SSSR count). The Balaban J connectivity index is 2.10. The Morgan fingerprint density at radius 2 is 1.56 bits per heavy atom. The molecule has 0 heterocycles. The molecule has 0 unspecified atom stereocenters. The molecule has 140 valence electrons. The molecule has 0 aromatic heterocycles. The van der Waals surface area contributed by atoms with Crippen molar-refractivity contribution in [3.05, 3.63) is 72.3 Å². The smallest absolute Gasteiger partial charge is 0.242 e. The zero-order chi connectivity index (χ0) is 19.6. The SMILES string of the molecule is CN(C)c1cccc2c(S(=O)(=O)N[C@H](C(=O)[O-])c3ccccc3)cccc12. The summed E-state index contributed by atoms with van der Waals surface area (Å²) in [5.74, 6) is -1.51. The summed E-state index contributed by atoms with van der Waals surface area (Å²) >= 11 is 0. The first kappa shape index (κ1) is 18.9. The van der Waals surface area contributed by atoms with Crippen LogP contribution in [0.15, 0.2) is 71.6 Å². The summed E-state index contributed by atoms with van der Waals surface area (Å²) in [4.78, 5) is 13.5. The first-order chi connectivity index (χ1) is 12.8. The first-order valence-corrected chi connectivity index (χ1v) is 9.77. The summed E-state index contributed by atoms with van der Waals surface area (Å²) in [6, 6.07) is 16.9. The van der Waals surface area contributed by atoms with Crippen molar-refractivity contribution in [2.75, 3.05) is 19.0 Å². The maximum atomic E-state index is 13.0. The third-order valence-electron chi connectivity index (χ3n) is 4.27. The standard InChI is InChI=1S/C20H20N2O4S/c1-22(2)17-12-6-11-16-15(17)10-7-13-18(16)27(25,26)21-19(20(23)24)14-8-4-3-5-9-14/h3-13,19,21H,1-2H3,(H,23,24)/p-1/t19-/m0/s1. The van der Waals surface area contributed by atoms with E-state index in [2.05, 4.69) is 4.72 Å². The van der Waals surface area contributed by atoms with Gasteiger partial charge in [-0.3, -0.25) is 0 Å². The van der Waals surface area contributed by atoms with Crippen LogP contribution >= 0.6 is 0 Å². The minimum atomic E-state index is -4.11. The molecule has 1 N–H and O–H groups in total. The molecule has 0 fully saturated rings. The van der Waals surface area contributed by atoms with Gasteiger partial charge in [0.25, 0.3) is 0 Å². The second kappa shape index (κ2) is 7.38. The summed E-state index contributed by atoms with van der Waals surface area (Å²) in [7, 11) is -0.370. The molecule has 0 aliphatic heterocycles. The summed E-state index contributed by atoms with van der Waals surface area (Å²) in [5.41, 5.74) is 1.17. The van der Waals surface area contributed by atoms with Gasteiger partial charge in [-0.1, -0.05) is 54.6 Å². The number of nitrogens with one attached hydrogen (secondary N) is 1. The number of benzene rings is 3. The summed E-state index contributed by atoms with van der Waals surface area (Å²) in [6.07, 6.45) is 0. The second-order valence-electron chi connectivity index (χ2n) is 6.31. The number of carbonyl (C=O) groups is 1. The Hall–Kier alpha value is -2.90. The van der Waals surface area contributed by atoms with Crippen molar-refractivity contribution < 1.29 is 18.3 Å². The van der Waals surface area contributed by atoms with Gasteiger partial charge in [0.05, 0.1) is 16.9 Å². The number of carboxylic acid groups (broad SMARTS) is 1. The molecule has 0 saturated carbocycles. The fraction of sp³-hybridized carbons (Fsp3) is 0.150. The van der Waals surface area contributed by atoms with Crippen molar-refractivity contribution >= 4 is 32.5 Å². The average Bonchev–Trinajstić information content (AvgIpc) is 2.65. The van der Waals surface area contributed by atoms with Crippen LogP contribution in [-0.2, 0) is 14.8 Å². The van der Waals surface area contributed by atoms with E-state index in [1.54, 1.807) is 36.4 Å². The molecule has 3 aromatic carbocycles. The molecular weight excluding hydrogens is 364 g/mol. The van der Waals surface area contributed by atoms with Crippen LogP contribution in [0.1, 0.15) is 11.6 Å². The topological polar surface area (TPSA) is 89.5 Å². The molecule has 0 amide bonds. The number of hydrogen-bond donors (Lipinski definition) is 1. The number of fused-ring (bicyclic) bond motifs is 1. The third-order valence-corrected chi connectivity index (χ3v) is 5.75. The Morgan fingerprint density at radius 1 is 0.926 bits per heavy atom. The van der Waals surface area contributed by atoms with Gasteiger partial charge in [-0.2, -0.15) is 4.72 Å². The molecule has 0 radical (unpaired) electrons. The average molecular weight is 383 g/mol. The predicted octanol–water partition coefficient (Wildman–Crippen LogP) is 1.68. The van der Waals surface area contributed by atoms with Crippen LogP contribution in [0.4, 0.5) is 5.69 Å². The van der Waals surface area contributed by atoms with Crippen LogP contribution in [-0.4, -0.2) is 28.5 Å². The summed E-state index contributed by atoms with van der Waals surface area (Å²) in [6.45, 7) is 0. The number of anilines is 1. The largest absolute Gasteiger partial charge is 0.548 e. The van der Waals surface area contributed by atoms with Gasteiger partial charge in [0.1, 0.15) is 0 Å². The zero-order valence-electron chi connectivity index (χ0n) is 14.9. The third kappa shape index (κ3) is 3.79. The Morgan fingerprint density at radius 3 is 2.19 bits per heavy atom. The Bertz CT molecular complexity index is 1080. The van der Waals surface area contributed by atoms with E-state index in [-0.39, 0.29) is 4.90 Å². The van der Waals surface area contributed by atoms with Crippen molar-refractivity contribution in [1.29, 1.82) is 0 Å². The van der Waals surface area contributed by atoms with E-state index in [1.807, 2.05) is 31.1 Å². The number of aliphatic carboxylic acids is 1. The molecule has 0 spiro atoms. The van der Waals surface area contributed by atoms with Gasteiger partial charge < -0.3 is 14.8 Å². The lowest BCUT2D eigenvalue weighted by atomic mass is 10.1. The van der Waals surface area contributed by atoms with Crippen LogP contribution in [0.25, 0.3) is 10.8 Å². The number of carbonyl (C=O) groups excluding carboxylic acids is 1. The van der Waals surface area contributed by atoms with Gasteiger partial charge in [-0.05, 0) is 17.7 Å². The first-order valence-electron chi connectivity index (χ1n) is 8.28. The fourth-order valence-electron chi connectivity index (χ4n) is 3.01. The molecule has 27 heavy (non-hydrogen) atoms. The molecule has 0 saturated heterocycles. The maximum Gasteiger partial charge on any atom is 0.242 e.